The molecule has 0 radical (unpaired) electrons. The van der Waals surface area contributed by atoms with Crippen molar-refractivity contribution < 1.29 is 23.2 Å². The monoisotopic (exact) mass is 459 g/mol. The number of rotatable bonds is 5. The number of hydrogen-bond acceptors (Lipinski definition) is 5. The number of carbonyl (C=O) groups excluding carboxylic acids is 2. The van der Waals surface area contributed by atoms with Gasteiger partial charge in [-0.25, -0.2) is 0 Å². The van der Waals surface area contributed by atoms with E-state index in [1.54, 1.807) is 55.6 Å². The van der Waals surface area contributed by atoms with Crippen molar-refractivity contribution >= 4 is 50.9 Å². The molecule has 0 bridgehead atoms. The van der Waals surface area contributed by atoms with Crippen LogP contribution in [-0.2, 0) is 0 Å². The van der Waals surface area contributed by atoms with Crippen molar-refractivity contribution in [1.82, 2.24) is 0 Å². The number of fused-ring (bicyclic) bond motifs is 2. The fourth-order valence-electron chi connectivity index (χ4n) is 3.75. The van der Waals surface area contributed by atoms with E-state index in [2.05, 4.69) is 5.32 Å². The predicted molar refractivity (Wildman–Crippen MR) is 127 cm³/mol. The normalized spacial score (nSPS) is 11.1. The summed E-state index contributed by atoms with van der Waals surface area (Å²) >= 11 is 5.92. The Hall–Kier alpha value is -4.03. The summed E-state index contributed by atoms with van der Waals surface area (Å²) in [5, 5.41) is 4.92. The second-order valence-electron chi connectivity index (χ2n) is 7.55. The first-order valence-corrected chi connectivity index (χ1v) is 10.5. The zero-order chi connectivity index (χ0) is 23.1. The van der Waals surface area contributed by atoms with Crippen molar-refractivity contribution in [3.63, 3.8) is 0 Å². The molecule has 5 aromatic rings. The molecular formula is C26H18ClNO5. The largest absolute Gasteiger partial charge is 0.493 e. The smallest absolute Gasteiger partial charge is 0.291 e. The maximum Gasteiger partial charge on any atom is 0.291 e. The van der Waals surface area contributed by atoms with Crippen molar-refractivity contribution in [2.24, 2.45) is 0 Å². The molecule has 0 saturated carbocycles. The molecule has 6 nitrogen and oxygen atoms in total. The second kappa shape index (κ2) is 8.15. The lowest BCUT2D eigenvalue weighted by Gasteiger charge is -2.03. The van der Waals surface area contributed by atoms with Crippen molar-refractivity contribution in [3.05, 3.63) is 94.4 Å². The first-order chi connectivity index (χ1) is 15.9. The predicted octanol–water partition coefficient (Wildman–Crippen LogP) is 6.63. The van der Waals surface area contributed by atoms with Gasteiger partial charge in [-0.15, -0.1) is 0 Å². The zero-order valence-corrected chi connectivity index (χ0v) is 18.5. The minimum absolute atomic E-state index is 0.156. The van der Waals surface area contributed by atoms with Crippen LogP contribution in [-0.4, -0.2) is 18.8 Å². The van der Waals surface area contributed by atoms with Crippen LogP contribution >= 0.6 is 11.6 Å². The highest BCUT2D eigenvalue weighted by molar-refractivity contribution is 6.30. The van der Waals surface area contributed by atoms with Crippen LogP contribution in [0, 0.1) is 6.92 Å². The number of hydrogen-bond donors (Lipinski definition) is 1. The van der Waals surface area contributed by atoms with Crippen LogP contribution in [0.15, 0.2) is 75.6 Å². The maximum atomic E-state index is 12.9. The molecule has 0 aliphatic rings. The van der Waals surface area contributed by atoms with Gasteiger partial charge in [0.05, 0.1) is 7.11 Å². The number of furan rings is 2. The lowest BCUT2D eigenvalue weighted by atomic mass is 10.0. The molecule has 3 aromatic carbocycles. The molecule has 0 spiro atoms. The van der Waals surface area contributed by atoms with Gasteiger partial charge in [0.25, 0.3) is 5.91 Å². The van der Waals surface area contributed by atoms with Gasteiger partial charge in [-0.2, -0.15) is 0 Å². The quantitative estimate of drug-likeness (QED) is 0.298. The van der Waals surface area contributed by atoms with E-state index in [0.29, 0.717) is 33.2 Å². The molecule has 7 heteroatoms. The third-order valence-electron chi connectivity index (χ3n) is 5.46. The lowest BCUT2D eigenvalue weighted by Crippen LogP contribution is -2.10. The SMILES string of the molecule is COc1cccc2cc(C(=O)Nc3ccc4c(C)c(C(=O)c5ccc(Cl)cc5)oc4c3)oc12. The number of methoxy groups -OCH3 is 1. The van der Waals surface area contributed by atoms with Crippen LogP contribution in [0.4, 0.5) is 5.69 Å². The fraction of sp³-hybridized carbons (Fsp3) is 0.0769. The van der Waals surface area contributed by atoms with Gasteiger partial charge in [-0.05, 0) is 55.5 Å². The Morgan fingerprint density at radius 3 is 2.52 bits per heavy atom. The molecule has 164 valence electrons. The van der Waals surface area contributed by atoms with E-state index in [-0.39, 0.29) is 17.3 Å². The number of anilines is 1. The van der Waals surface area contributed by atoms with Crippen LogP contribution in [0.5, 0.6) is 5.75 Å². The summed E-state index contributed by atoms with van der Waals surface area (Å²) in [5.74, 6) is 0.316. The zero-order valence-electron chi connectivity index (χ0n) is 17.8. The highest BCUT2D eigenvalue weighted by Crippen LogP contribution is 2.31. The Balaban J connectivity index is 1.43. The number of carbonyl (C=O) groups is 2. The Kier molecular flexibility index (Phi) is 5.15. The van der Waals surface area contributed by atoms with E-state index in [4.69, 9.17) is 25.2 Å². The number of ketones is 1. The topological polar surface area (TPSA) is 81.7 Å². The van der Waals surface area contributed by atoms with Crippen LogP contribution in [0.1, 0.15) is 32.2 Å². The molecule has 0 atom stereocenters. The molecule has 0 fully saturated rings. The molecule has 5 rings (SSSR count). The Labute approximate surface area is 193 Å². The Bertz CT molecular complexity index is 1530. The van der Waals surface area contributed by atoms with Crippen molar-refractivity contribution in [3.8, 4) is 5.75 Å². The average molecular weight is 460 g/mol. The number of amides is 1. The third kappa shape index (κ3) is 3.75. The minimum atomic E-state index is -0.409. The van der Waals surface area contributed by atoms with Gasteiger partial charge < -0.3 is 18.9 Å². The summed E-state index contributed by atoms with van der Waals surface area (Å²) in [6, 6.07) is 19.0. The van der Waals surface area contributed by atoms with Crippen LogP contribution in [0.2, 0.25) is 5.02 Å². The average Bonchev–Trinajstić information content (AvgIpc) is 3.40. The van der Waals surface area contributed by atoms with E-state index in [1.165, 1.54) is 0 Å². The number of nitrogens with one attached hydrogen (secondary N) is 1. The van der Waals surface area contributed by atoms with Gasteiger partial charge >= 0.3 is 0 Å². The molecule has 0 aliphatic heterocycles. The first kappa shape index (κ1) is 20.8. The molecule has 33 heavy (non-hydrogen) atoms. The highest BCUT2D eigenvalue weighted by Gasteiger charge is 2.20. The summed E-state index contributed by atoms with van der Waals surface area (Å²) in [5.41, 5.74) is 2.73. The molecule has 0 unspecified atom stereocenters. The first-order valence-electron chi connectivity index (χ1n) is 10.2. The minimum Gasteiger partial charge on any atom is -0.493 e. The number of ether oxygens (including phenoxy) is 1. The number of benzene rings is 3. The standard InChI is InChI=1S/C26H18ClNO5/c1-14-19-11-10-18(13-21(19)32-24(14)23(29)15-6-8-17(27)9-7-15)28-26(30)22-12-16-4-3-5-20(31-2)25(16)33-22/h3-13H,1-2H3,(H,28,30). The molecule has 0 saturated heterocycles. The fourth-order valence-corrected chi connectivity index (χ4v) is 3.88. The summed E-state index contributed by atoms with van der Waals surface area (Å²) in [7, 11) is 1.55. The van der Waals surface area contributed by atoms with E-state index < -0.39 is 5.91 Å². The van der Waals surface area contributed by atoms with Crippen LogP contribution < -0.4 is 10.1 Å². The molecule has 2 heterocycles. The van der Waals surface area contributed by atoms with Crippen LogP contribution in [0.3, 0.4) is 0 Å². The van der Waals surface area contributed by atoms with Gasteiger partial charge in [-0.3, -0.25) is 9.59 Å². The molecule has 1 amide bonds. The number of para-hydroxylation sites is 1. The second-order valence-corrected chi connectivity index (χ2v) is 7.98. The Morgan fingerprint density at radius 1 is 0.970 bits per heavy atom. The van der Waals surface area contributed by atoms with Crippen molar-refractivity contribution in [2.75, 3.05) is 12.4 Å². The van der Waals surface area contributed by atoms with Crippen LogP contribution in [0.25, 0.3) is 21.9 Å². The molecule has 2 aromatic heterocycles. The van der Waals surface area contributed by atoms with E-state index >= 15 is 0 Å². The Morgan fingerprint density at radius 2 is 1.76 bits per heavy atom. The lowest BCUT2D eigenvalue weighted by molar-refractivity contribution is 0.0994. The molecule has 1 N–H and O–H groups in total. The number of halogens is 1. The van der Waals surface area contributed by atoms with Gasteiger partial charge in [0.1, 0.15) is 5.58 Å². The van der Waals surface area contributed by atoms with Crippen molar-refractivity contribution in [2.45, 2.75) is 6.92 Å². The van der Waals surface area contributed by atoms with E-state index in [0.717, 1.165) is 16.3 Å². The van der Waals surface area contributed by atoms with E-state index in [1.807, 2.05) is 25.1 Å². The van der Waals surface area contributed by atoms with Gasteiger partial charge in [0.2, 0.25) is 5.78 Å². The van der Waals surface area contributed by atoms with Gasteiger partial charge in [0.15, 0.2) is 22.9 Å². The third-order valence-corrected chi connectivity index (χ3v) is 5.71. The number of aryl methyl sites for hydroxylation is 1. The van der Waals surface area contributed by atoms with Gasteiger partial charge in [0, 0.05) is 38.7 Å². The van der Waals surface area contributed by atoms with E-state index in [9.17, 15) is 9.59 Å². The summed E-state index contributed by atoms with van der Waals surface area (Å²) in [4.78, 5) is 25.7. The van der Waals surface area contributed by atoms with Gasteiger partial charge in [-0.1, -0.05) is 23.7 Å². The maximum absolute atomic E-state index is 12.9. The highest BCUT2D eigenvalue weighted by atomic mass is 35.5. The summed E-state index contributed by atoms with van der Waals surface area (Å²) < 4.78 is 16.9. The molecule has 0 aliphatic carbocycles. The molecular weight excluding hydrogens is 442 g/mol. The van der Waals surface area contributed by atoms with Crippen molar-refractivity contribution in [1.29, 1.82) is 0 Å². The summed E-state index contributed by atoms with van der Waals surface area (Å²) in [6.07, 6.45) is 0. The summed E-state index contributed by atoms with van der Waals surface area (Å²) in [6.45, 7) is 1.83.